The fraction of sp³-hybridized carbons (Fsp3) is 0.526. The van der Waals surface area contributed by atoms with Gasteiger partial charge in [0.1, 0.15) is 5.82 Å². The highest BCUT2D eigenvalue weighted by atomic mass is 19.1. The largest absolute Gasteiger partial charge is 0.366 e. The molecule has 0 radical (unpaired) electrons. The molecule has 0 unspecified atom stereocenters. The molecule has 26 heavy (non-hydrogen) atoms. The standard InChI is InChI=1S/C19H25FN6/c20-16-7-3-4-8-17(16)24-11-13-25(14-12-24)18-15-21-23-19(22-18)26-9-5-1-2-6-10-26/h3-4,7-8,15H,1-2,5-6,9-14H2. The van der Waals surface area contributed by atoms with Crippen LogP contribution in [0.15, 0.2) is 30.5 Å². The first kappa shape index (κ1) is 17.0. The molecule has 2 fully saturated rings. The highest BCUT2D eigenvalue weighted by Gasteiger charge is 2.22. The summed E-state index contributed by atoms with van der Waals surface area (Å²) in [6.45, 7) is 5.14. The average Bonchev–Trinajstić information content (AvgIpc) is 2.98. The lowest BCUT2D eigenvalue weighted by Crippen LogP contribution is -2.47. The monoisotopic (exact) mass is 356 g/mol. The third-order valence-corrected chi connectivity index (χ3v) is 5.22. The Labute approximate surface area is 153 Å². The minimum absolute atomic E-state index is 0.159. The van der Waals surface area contributed by atoms with Crippen LogP contribution in [0.2, 0.25) is 0 Å². The van der Waals surface area contributed by atoms with Gasteiger partial charge in [0.25, 0.3) is 0 Å². The van der Waals surface area contributed by atoms with Crippen LogP contribution < -0.4 is 14.7 Å². The molecule has 2 aliphatic rings. The molecular formula is C19H25FN6. The Morgan fingerprint density at radius 3 is 2.19 bits per heavy atom. The van der Waals surface area contributed by atoms with Crippen molar-refractivity contribution >= 4 is 17.5 Å². The van der Waals surface area contributed by atoms with E-state index >= 15 is 0 Å². The zero-order chi connectivity index (χ0) is 17.8. The van der Waals surface area contributed by atoms with Gasteiger partial charge in [0.15, 0.2) is 5.82 Å². The highest BCUT2D eigenvalue weighted by molar-refractivity contribution is 5.50. The summed E-state index contributed by atoms with van der Waals surface area (Å²) in [5.41, 5.74) is 0.679. The third-order valence-electron chi connectivity index (χ3n) is 5.22. The van der Waals surface area contributed by atoms with Gasteiger partial charge < -0.3 is 14.7 Å². The van der Waals surface area contributed by atoms with Crippen LogP contribution in [0.25, 0.3) is 0 Å². The Morgan fingerprint density at radius 2 is 1.46 bits per heavy atom. The molecule has 0 atom stereocenters. The summed E-state index contributed by atoms with van der Waals surface area (Å²) < 4.78 is 14.0. The molecule has 138 valence electrons. The fourth-order valence-corrected chi connectivity index (χ4v) is 3.73. The number of halogens is 1. The quantitative estimate of drug-likeness (QED) is 0.843. The van der Waals surface area contributed by atoms with Crippen molar-refractivity contribution in [3.63, 3.8) is 0 Å². The molecule has 3 heterocycles. The fourth-order valence-electron chi connectivity index (χ4n) is 3.73. The van der Waals surface area contributed by atoms with Gasteiger partial charge in [0, 0.05) is 39.3 Å². The number of rotatable bonds is 3. The molecule has 6 nitrogen and oxygen atoms in total. The smallest absolute Gasteiger partial charge is 0.247 e. The first-order valence-corrected chi connectivity index (χ1v) is 9.50. The van der Waals surface area contributed by atoms with Gasteiger partial charge in [-0.3, -0.25) is 0 Å². The molecule has 7 heteroatoms. The van der Waals surface area contributed by atoms with Crippen molar-refractivity contribution in [2.45, 2.75) is 25.7 Å². The van der Waals surface area contributed by atoms with Crippen molar-refractivity contribution < 1.29 is 4.39 Å². The van der Waals surface area contributed by atoms with Gasteiger partial charge in [-0.1, -0.05) is 25.0 Å². The molecule has 0 spiro atoms. The summed E-state index contributed by atoms with van der Waals surface area (Å²) in [6.07, 6.45) is 6.67. The normalized spacial score (nSPS) is 18.7. The van der Waals surface area contributed by atoms with E-state index < -0.39 is 0 Å². The van der Waals surface area contributed by atoms with E-state index in [-0.39, 0.29) is 5.82 Å². The SMILES string of the molecule is Fc1ccccc1N1CCN(c2cnnc(N3CCCCCC3)n2)CC1. The number of benzene rings is 1. The van der Waals surface area contributed by atoms with Crippen molar-refractivity contribution in [3.8, 4) is 0 Å². The molecule has 1 aromatic carbocycles. The van der Waals surface area contributed by atoms with Crippen LogP contribution in [0.3, 0.4) is 0 Å². The number of para-hydroxylation sites is 1. The topological polar surface area (TPSA) is 48.4 Å². The van der Waals surface area contributed by atoms with Crippen molar-refractivity contribution in [1.29, 1.82) is 0 Å². The first-order valence-electron chi connectivity index (χ1n) is 9.50. The average molecular weight is 356 g/mol. The lowest BCUT2D eigenvalue weighted by molar-refractivity contribution is 0.595. The molecule has 0 bridgehead atoms. The van der Waals surface area contributed by atoms with E-state index in [2.05, 4.69) is 24.9 Å². The molecule has 0 aliphatic carbocycles. The van der Waals surface area contributed by atoms with Gasteiger partial charge in [-0.15, -0.1) is 5.10 Å². The van der Waals surface area contributed by atoms with Crippen LogP contribution in [0.5, 0.6) is 0 Å². The number of anilines is 3. The van der Waals surface area contributed by atoms with E-state index in [1.807, 2.05) is 12.1 Å². The van der Waals surface area contributed by atoms with Crippen LogP contribution in [0.4, 0.5) is 21.8 Å². The van der Waals surface area contributed by atoms with Gasteiger partial charge in [-0.05, 0) is 25.0 Å². The summed E-state index contributed by atoms with van der Waals surface area (Å²) in [7, 11) is 0. The van der Waals surface area contributed by atoms with E-state index in [1.54, 1.807) is 12.3 Å². The Kier molecular flexibility index (Phi) is 5.13. The summed E-state index contributed by atoms with van der Waals surface area (Å²) in [5, 5.41) is 8.44. The molecule has 0 amide bonds. The van der Waals surface area contributed by atoms with Gasteiger partial charge in [0.2, 0.25) is 5.95 Å². The van der Waals surface area contributed by atoms with Gasteiger partial charge in [-0.25, -0.2) is 4.39 Å². The second-order valence-electron chi connectivity index (χ2n) is 6.94. The van der Waals surface area contributed by atoms with E-state index in [4.69, 9.17) is 4.98 Å². The molecule has 2 aliphatic heterocycles. The minimum Gasteiger partial charge on any atom is -0.366 e. The Morgan fingerprint density at radius 1 is 0.769 bits per heavy atom. The molecule has 2 aromatic rings. The molecular weight excluding hydrogens is 331 g/mol. The van der Waals surface area contributed by atoms with Crippen molar-refractivity contribution in [2.24, 2.45) is 0 Å². The number of hydrogen-bond acceptors (Lipinski definition) is 6. The van der Waals surface area contributed by atoms with Crippen molar-refractivity contribution in [2.75, 3.05) is 54.0 Å². The molecule has 4 rings (SSSR count). The number of aromatic nitrogens is 3. The Balaban J connectivity index is 1.43. The van der Waals surface area contributed by atoms with E-state index in [0.29, 0.717) is 5.69 Å². The van der Waals surface area contributed by atoms with Crippen molar-refractivity contribution in [1.82, 2.24) is 15.2 Å². The summed E-state index contributed by atoms with van der Waals surface area (Å²) >= 11 is 0. The predicted molar refractivity (Wildman–Crippen MR) is 101 cm³/mol. The van der Waals surface area contributed by atoms with E-state index in [9.17, 15) is 4.39 Å². The number of nitrogens with zero attached hydrogens (tertiary/aromatic N) is 6. The van der Waals surface area contributed by atoms with Gasteiger partial charge in [-0.2, -0.15) is 10.1 Å². The van der Waals surface area contributed by atoms with Gasteiger partial charge in [0.05, 0.1) is 11.9 Å². The van der Waals surface area contributed by atoms with Crippen LogP contribution in [-0.2, 0) is 0 Å². The summed E-state index contributed by atoms with van der Waals surface area (Å²) in [6, 6.07) is 6.97. The highest BCUT2D eigenvalue weighted by Crippen LogP contribution is 2.23. The lowest BCUT2D eigenvalue weighted by Gasteiger charge is -2.36. The maximum atomic E-state index is 14.0. The van der Waals surface area contributed by atoms with E-state index in [0.717, 1.165) is 51.0 Å². The number of hydrogen-bond donors (Lipinski definition) is 0. The van der Waals surface area contributed by atoms with Crippen LogP contribution in [-0.4, -0.2) is 54.4 Å². The van der Waals surface area contributed by atoms with Crippen molar-refractivity contribution in [3.05, 3.63) is 36.3 Å². The Hall–Kier alpha value is -2.44. The minimum atomic E-state index is -0.159. The molecule has 0 saturated carbocycles. The zero-order valence-corrected chi connectivity index (χ0v) is 15.0. The number of piperazine rings is 1. The summed E-state index contributed by atoms with van der Waals surface area (Å²) in [5.74, 6) is 1.45. The summed E-state index contributed by atoms with van der Waals surface area (Å²) in [4.78, 5) is 11.3. The van der Waals surface area contributed by atoms with Crippen LogP contribution in [0, 0.1) is 5.82 Å². The Bertz CT molecular complexity index is 723. The molecule has 1 aromatic heterocycles. The second kappa shape index (κ2) is 7.85. The van der Waals surface area contributed by atoms with E-state index in [1.165, 1.54) is 31.7 Å². The van der Waals surface area contributed by atoms with Gasteiger partial charge >= 0.3 is 0 Å². The predicted octanol–water partition coefficient (Wildman–Crippen LogP) is 2.72. The maximum absolute atomic E-state index is 14.0. The zero-order valence-electron chi connectivity index (χ0n) is 15.0. The molecule has 2 saturated heterocycles. The second-order valence-corrected chi connectivity index (χ2v) is 6.94. The van der Waals surface area contributed by atoms with Crippen LogP contribution in [0.1, 0.15) is 25.7 Å². The third kappa shape index (κ3) is 3.71. The maximum Gasteiger partial charge on any atom is 0.247 e. The van der Waals surface area contributed by atoms with Crippen LogP contribution >= 0.6 is 0 Å². The lowest BCUT2D eigenvalue weighted by atomic mass is 10.2. The first-order chi connectivity index (χ1) is 12.8. The molecule has 0 N–H and O–H groups in total.